The average molecular weight is 394 g/mol. The maximum Gasteiger partial charge on any atom is 0.257 e. The van der Waals surface area contributed by atoms with E-state index in [-0.39, 0.29) is 11.7 Å². The molecule has 4 rings (SSSR count). The van der Waals surface area contributed by atoms with Gasteiger partial charge in [0.1, 0.15) is 0 Å². The fourth-order valence-electron chi connectivity index (χ4n) is 3.48. The van der Waals surface area contributed by atoms with Gasteiger partial charge >= 0.3 is 0 Å². The van der Waals surface area contributed by atoms with E-state index >= 15 is 0 Å². The number of amides is 1. The van der Waals surface area contributed by atoms with Crippen molar-refractivity contribution in [3.05, 3.63) is 64.8 Å². The van der Waals surface area contributed by atoms with Crippen molar-refractivity contribution in [3.63, 3.8) is 0 Å². The van der Waals surface area contributed by atoms with E-state index in [4.69, 9.17) is 11.6 Å². The summed E-state index contributed by atoms with van der Waals surface area (Å²) in [6.07, 6.45) is 3.67. The average Bonchev–Trinajstić information content (AvgIpc) is 3.23. The number of aromatic nitrogens is 1. The lowest BCUT2D eigenvalue weighted by atomic mass is 10.1. The highest BCUT2D eigenvalue weighted by Gasteiger charge is 2.24. The molecule has 0 saturated carbocycles. The third-order valence-electron chi connectivity index (χ3n) is 5.01. The van der Waals surface area contributed by atoms with Crippen LogP contribution < -0.4 is 5.32 Å². The van der Waals surface area contributed by atoms with Crippen LogP contribution in [0.2, 0.25) is 5.02 Å². The summed E-state index contributed by atoms with van der Waals surface area (Å²) in [5.74, 6) is -0.0210. The number of Topliss-reactive ketones (excluding diaryl/α,β-unsaturated/α-hetero) is 1. The van der Waals surface area contributed by atoms with Crippen LogP contribution in [0, 0.1) is 0 Å². The van der Waals surface area contributed by atoms with Crippen LogP contribution in [-0.4, -0.2) is 34.7 Å². The predicted octanol–water partition coefficient (Wildman–Crippen LogP) is 5.07. The van der Waals surface area contributed by atoms with Crippen LogP contribution >= 0.6 is 11.6 Å². The number of anilines is 2. The first-order chi connectivity index (χ1) is 13.5. The Labute approximate surface area is 168 Å². The molecule has 2 heterocycles. The molecule has 0 bridgehead atoms. The molecule has 142 valence electrons. The Bertz CT molecular complexity index is 1060. The Kier molecular flexibility index (Phi) is 5.01. The molecule has 1 aromatic heterocycles. The summed E-state index contributed by atoms with van der Waals surface area (Å²) in [5, 5.41) is 4.72. The summed E-state index contributed by atoms with van der Waals surface area (Å²) < 4.78 is 0. The molecule has 1 amide bonds. The minimum absolute atomic E-state index is 0.0117. The first-order valence-corrected chi connectivity index (χ1v) is 9.66. The number of halogens is 1. The number of carbonyl (C=O) groups excluding carboxylic acids is 2. The van der Waals surface area contributed by atoms with E-state index < -0.39 is 0 Å². The molecule has 1 aliphatic rings. The zero-order valence-corrected chi connectivity index (χ0v) is 16.3. The van der Waals surface area contributed by atoms with Gasteiger partial charge in [-0.1, -0.05) is 11.6 Å². The van der Waals surface area contributed by atoms with Crippen molar-refractivity contribution in [2.24, 2.45) is 0 Å². The summed E-state index contributed by atoms with van der Waals surface area (Å²) in [5.41, 5.74) is 3.38. The molecule has 5 nitrogen and oxygen atoms in total. The van der Waals surface area contributed by atoms with Gasteiger partial charge in [0, 0.05) is 40.9 Å². The van der Waals surface area contributed by atoms with Crippen molar-refractivity contribution in [2.75, 3.05) is 18.4 Å². The van der Waals surface area contributed by atoms with Crippen LogP contribution in [0.25, 0.3) is 10.9 Å². The van der Waals surface area contributed by atoms with E-state index in [1.54, 1.807) is 24.4 Å². The minimum atomic E-state index is -0.0327. The number of pyridine rings is 1. The SMILES string of the molecule is CC(=O)c1ccc(Nc2c(C(=O)N3CCCC3)cnc3ccc(Cl)cc23)cc1. The van der Waals surface area contributed by atoms with Crippen molar-refractivity contribution in [1.29, 1.82) is 0 Å². The number of carbonyl (C=O) groups is 2. The van der Waals surface area contributed by atoms with Crippen LogP contribution in [-0.2, 0) is 0 Å². The van der Waals surface area contributed by atoms with Crippen LogP contribution in [0.1, 0.15) is 40.5 Å². The highest BCUT2D eigenvalue weighted by molar-refractivity contribution is 6.31. The third kappa shape index (κ3) is 3.58. The van der Waals surface area contributed by atoms with Gasteiger partial charge in [0.2, 0.25) is 0 Å². The Morgan fingerprint density at radius 1 is 1.07 bits per heavy atom. The minimum Gasteiger partial charge on any atom is -0.354 e. The molecule has 0 radical (unpaired) electrons. The normalized spacial score (nSPS) is 13.7. The van der Waals surface area contributed by atoms with Crippen LogP contribution in [0.15, 0.2) is 48.7 Å². The maximum atomic E-state index is 13.1. The van der Waals surface area contributed by atoms with E-state index in [1.807, 2.05) is 29.2 Å². The van der Waals surface area contributed by atoms with Gasteiger partial charge in [-0.05, 0) is 62.2 Å². The molecule has 1 fully saturated rings. The van der Waals surface area contributed by atoms with Crippen molar-refractivity contribution in [3.8, 4) is 0 Å². The van der Waals surface area contributed by atoms with E-state index in [2.05, 4.69) is 10.3 Å². The molecule has 0 unspecified atom stereocenters. The predicted molar refractivity (Wildman–Crippen MR) is 112 cm³/mol. The number of rotatable bonds is 4. The molecule has 1 N–H and O–H groups in total. The van der Waals surface area contributed by atoms with Gasteiger partial charge in [-0.25, -0.2) is 0 Å². The van der Waals surface area contributed by atoms with E-state index in [9.17, 15) is 9.59 Å². The summed E-state index contributed by atoms with van der Waals surface area (Å²) in [7, 11) is 0. The summed E-state index contributed by atoms with van der Waals surface area (Å²) in [6, 6.07) is 12.6. The third-order valence-corrected chi connectivity index (χ3v) is 5.25. The zero-order chi connectivity index (χ0) is 19.7. The Hall–Kier alpha value is -2.92. The molecule has 3 aromatic rings. The van der Waals surface area contributed by atoms with Crippen molar-refractivity contribution < 1.29 is 9.59 Å². The van der Waals surface area contributed by atoms with Gasteiger partial charge in [0.05, 0.1) is 16.8 Å². The highest BCUT2D eigenvalue weighted by atomic mass is 35.5. The van der Waals surface area contributed by atoms with Crippen LogP contribution in [0.5, 0.6) is 0 Å². The molecule has 1 aliphatic heterocycles. The first-order valence-electron chi connectivity index (χ1n) is 9.28. The number of nitrogens with zero attached hydrogens (tertiary/aromatic N) is 2. The first kappa shape index (κ1) is 18.4. The molecule has 0 spiro atoms. The fraction of sp³-hybridized carbons (Fsp3) is 0.227. The summed E-state index contributed by atoms with van der Waals surface area (Å²) in [6.45, 7) is 3.06. The fourth-order valence-corrected chi connectivity index (χ4v) is 3.66. The van der Waals surface area contributed by atoms with Gasteiger partial charge in [0.25, 0.3) is 5.91 Å². The number of ketones is 1. The Balaban J connectivity index is 1.80. The van der Waals surface area contributed by atoms with E-state index in [0.717, 1.165) is 42.5 Å². The smallest absolute Gasteiger partial charge is 0.257 e. The second kappa shape index (κ2) is 7.60. The largest absolute Gasteiger partial charge is 0.354 e. The van der Waals surface area contributed by atoms with Gasteiger partial charge in [0.15, 0.2) is 5.78 Å². The standard InChI is InChI=1S/C22H20ClN3O2/c1-14(27)15-4-7-17(8-5-15)25-21-18-12-16(23)6-9-20(18)24-13-19(21)22(28)26-10-2-3-11-26/h4-9,12-13H,2-3,10-11H2,1H3,(H,24,25). The van der Waals surface area contributed by atoms with E-state index in [0.29, 0.717) is 21.8 Å². The Morgan fingerprint density at radius 2 is 1.79 bits per heavy atom. The van der Waals surface area contributed by atoms with Gasteiger partial charge in [-0.3, -0.25) is 14.6 Å². The highest BCUT2D eigenvalue weighted by Crippen LogP contribution is 2.32. The van der Waals surface area contributed by atoms with Crippen LogP contribution in [0.4, 0.5) is 11.4 Å². The number of fused-ring (bicyclic) bond motifs is 1. The number of nitrogens with one attached hydrogen (secondary N) is 1. The molecule has 6 heteroatoms. The number of hydrogen-bond acceptors (Lipinski definition) is 4. The van der Waals surface area contributed by atoms with Gasteiger partial charge < -0.3 is 10.2 Å². The molecular weight excluding hydrogens is 374 g/mol. The van der Waals surface area contributed by atoms with Gasteiger partial charge in [-0.15, -0.1) is 0 Å². The second-order valence-electron chi connectivity index (χ2n) is 6.97. The lowest BCUT2D eigenvalue weighted by molar-refractivity contribution is 0.0793. The quantitative estimate of drug-likeness (QED) is 0.628. The van der Waals surface area contributed by atoms with Crippen molar-refractivity contribution in [2.45, 2.75) is 19.8 Å². The summed E-state index contributed by atoms with van der Waals surface area (Å²) in [4.78, 5) is 30.9. The lowest BCUT2D eigenvalue weighted by Gasteiger charge is -2.19. The number of hydrogen-bond donors (Lipinski definition) is 1. The number of benzene rings is 2. The Morgan fingerprint density at radius 3 is 2.46 bits per heavy atom. The van der Waals surface area contributed by atoms with E-state index in [1.165, 1.54) is 6.92 Å². The molecule has 28 heavy (non-hydrogen) atoms. The molecule has 1 saturated heterocycles. The maximum absolute atomic E-state index is 13.1. The van der Waals surface area contributed by atoms with Gasteiger partial charge in [-0.2, -0.15) is 0 Å². The van der Waals surface area contributed by atoms with Crippen molar-refractivity contribution in [1.82, 2.24) is 9.88 Å². The van der Waals surface area contributed by atoms with Crippen molar-refractivity contribution >= 4 is 45.6 Å². The lowest BCUT2D eigenvalue weighted by Crippen LogP contribution is -2.28. The monoisotopic (exact) mass is 393 g/mol. The second-order valence-corrected chi connectivity index (χ2v) is 7.40. The molecule has 2 aromatic carbocycles. The summed E-state index contributed by atoms with van der Waals surface area (Å²) >= 11 is 6.22. The topological polar surface area (TPSA) is 62.3 Å². The molecule has 0 atom stereocenters. The molecular formula is C22H20ClN3O2. The molecule has 0 aliphatic carbocycles. The zero-order valence-electron chi connectivity index (χ0n) is 15.5. The van der Waals surface area contributed by atoms with Crippen LogP contribution in [0.3, 0.4) is 0 Å². The number of likely N-dealkylation sites (tertiary alicyclic amines) is 1.